The highest BCUT2D eigenvalue weighted by atomic mass is 19.3. The van der Waals surface area contributed by atoms with Gasteiger partial charge in [-0.2, -0.15) is 8.78 Å². The van der Waals surface area contributed by atoms with Crippen molar-refractivity contribution in [3.05, 3.63) is 54.0 Å². The van der Waals surface area contributed by atoms with Crippen molar-refractivity contribution in [2.45, 2.75) is 32.0 Å². The summed E-state index contributed by atoms with van der Waals surface area (Å²) in [5.74, 6) is -0.932. The van der Waals surface area contributed by atoms with Crippen molar-refractivity contribution in [3.63, 3.8) is 0 Å². The molecule has 4 aromatic rings. The van der Waals surface area contributed by atoms with E-state index in [-0.39, 0.29) is 12.1 Å². The van der Waals surface area contributed by atoms with Crippen LogP contribution in [0.4, 0.5) is 13.2 Å². The van der Waals surface area contributed by atoms with Crippen LogP contribution in [-0.4, -0.2) is 50.2 Å². The molecule has 32 heavy (non-hydrogen) atoms. The van der Waals surface area contributed by atoms with Crippen molar-refractivity contribution in [3.8, 4) is 17.3 Å². The number of likely N-dealkylation sites (tertiary alicyclic amines) is 1. The van der Waals surface area contributed by atoms with Gasteiger partial charge in [0.25, 0.3) is 0 Å². The largest absolute Gasteiger partial charge is 0.432 e. The summed E-state index contributed by atoms with van der Waals surface area (Å²) in [6.07, 6.45) is 2.95. The number of nitrogens with two attached hydrogens (primary N) is 1. The van der Waals surface area contributed by atoms with Crippen molar-refractivity contribution >= 4 is 16.6 Å². The highest BCUT2D eigenvalue weighted by molar-refractivity contribution is 5.82. The molecule has 166 valence electrons. The molecule has 0 spiro atoms. The quantitative estimate of drug-likeness (QED) is 0.507. The third-order valence-corrected chi connectivity index (χ3v) is 5.90. The molecule has 0 aliphatic carbocycles. The number of alkyl halides is 2. The lowest BCUT2D eigenvalue weighted by Gasteiger charge is -2.24. The predicted octanol–water partition coefficient (Wildman–Crippen LogP) is 3.78. The van der Waals surface area contributed by atoms with Crippen LogP contribution in [0.15, 0.2) is 42.6 Å². The lowest BCUT2D eigenvalue weighted by atomic mass is 10.1. The van der Waals surface area contributed by atoms with Crippen molar-refractivity contribution < 1.29 is 17.9 Å². The van der Waals surface area contributed by atoms with Gasteiger partial charge in [0.15, 0.2) is 23.0 Å². The number of fused-ring (bicyclic) bond motifs is 2. The van der Waals surface area contributed by atoms with Crippen LogP contribution in [0, 0.1) is 5.82 Å². The van der Waals surface area contributed by atoms with Gasteiger partial charge in [0.05, 0.1) is 5.52 Å². The summed E-state index contributed by atoms with van der Waals surface area (Å²) in [6, 6.07) is 9.91. The number of ether oxygens (including phenoxy) is 1. The topological polar surface area (TPSA) is 81.6 Å². The number of benzene rings is 1. The first-order chi connectivity index (χ1) is 15.4. The summed E-state index contributed by atoms with van der Waals surface area (Å²) >= 11 is 0. The van der Waals surface area contributed by atoms with Gasteiger partial charge in [0.1, 0.15) is 5.69 Å². The number of rotatable bonds is 5. The average molecular weight is 442 g/mol. The summed E-state index contributed by atoms with van der Waals surface area (Å²) in [6.45, 7) is 0.800. The third-order valence-electron chi connectivity index (χ3n) is 5.90. The molecule has 1 saturated heterocycles. The Morgan fingerprint density at radius 3 is 2.75 bits per heavy atom. The zero-order valence-corrected chi connectivity index (χ0v) is 17.3. The zero-order chi connectivity index (χ0) is 22.4. The van der Waals surface area contributed by atoms with Crippen LogP contribution in [0.5, 0.6) is 5.75 Å². The molecule has 0 unspecified atom stereocenters. The first-order valence-electron chi connectivity index (χ1n) is 10.3. The molecule has 1 fully saturated rings. The van der Waals surface area contributed by atoms with Crippen LogP contribution in [0.3, 0.4) is 0 Å². The highest BCUT2D eigenvalue weighted by Gasteiger charge is 2.25. The second kappa shape index (κ2) is 8.03. The maximum absolute atomic E-state index is 14.0. The normalized spacial score (nSPS) is 18.1. The van der Waals surface area contributed by atoms with E-state index in [4.69, 9.17) is 5.73 Å². The van der Waals surface area contributed by atoms with Crippen LogP contribution in [0.2, 0.25) is 0 Å². The predicted molar refractivity (Wildman–Crippen MR) is 113 cm³/mol. The van der Waals surface area contributed by atoms with Crippen LogP contribution in [0.1, 0.15) is 24.9 Å². The fourth-order valence-electron chi connectivity index (χ4n) is 4.14. The summed E-state index contributed by atoms with van der Waals surface area (Å²) in [5, 5.41) is 8.93. The Balaban J connectivity index is 1.54. The van der Waals surface area contributed by atoms with Crippen molar-refractivity contribution in [2.24, 2.45) is 5.73 Å². The molecular weight excluding hydrogens is 421 g/mol. The fraction of sp³-hybridized carbons (Fsp3) is 0.318. The number of hydrogen-bond acceptors (Lipinski definition) is 6. The Labute approximate surface area is 181 Å². The van der Waals surface area contributed by atoms with E-state index >= 15 is 0 Å². The number of hydrogen-bond donors (Lipinski definition) is 1. The highest BCUT2D eigenvalue weighted by Crippen LogP contribution is 2.29. The molecule has 2 N–H and O–H groups in total. The van der Waals surface area contributed by atoms with Gasteiger partial charge in [-0.1, -0.05) is 12.1 Å². The molecule has 1 aliphatic heterocycles. The second-order valence-electron chi connectivity index (χ2n) is 7.98. The molecule has 10 heteroatoms. The van der Waals surface area contributed by atoms with Gasteiger partial charge >= 0.3 is 6.61 Å². The summed E-state index contributed by atoms with van der Waals surface area (Å²) in [4.78, 5) is 6.83. The van der Waals surface area contributed by atoms with Crippen molar-refractivity contribution in [1.82, 2.24) is 24.5 Å². The van der Waals surface area contributed by atoms with Gasteiger partial charge in [0, 0.05) is 42.8 Å². The molecule has 1 aliphatic rings. The number of aromatic nitrogens is 4. The summed E-state index contributed by atoms with van der Waals surface area (Å²) in [5.41, 5.74) is 8.59. The summed E-state index contributed by atoms with van der Waals surface area (Å²) in [7, 11) is 0. The lowest BCUT2D eigenvalue weighted by molar-refractivity contribution is -0.0520. The van der Waals surface area contributed by atoms with E-state index < -0.39 is 18.2 Å². The Hall–Kier alpha value is -3.24. The molecule has 7 nitrogen and oxygen atoms in total. The molecule has 0 saturated carbocycles. The first-order valence-corrected chi connectivity index (χ1v) is 10.3. The van der Waals surface area contributed by atoms with Gasteiger partial charge in [-0.25, -0.2) is 9.37 Å². The van der Waals surface area contributed by atoms with Gasteiger partial charge in [-0.3, -0.25) is 9.30 Å². The van der Waals surface area contributed by atoms with E-state index in [1.807, 2.05) is 22.7 Å². The Kier molecular flexibility index (Phi) is 5.18. The molecular formula is C22H21F3N6O. The van der Waals surface area contributed by atoms with Crippen LogP contribution in [-0.2, 0) is 0 Å². The molecule has 0 bridgehead atoms. The minimum Gasteiger partial charge on any atom is -0.432 e. The van der Waals surface area contributed by atoms with Crippen molar-refractivity contribution in [2.75, 3.05) is 13.1 Å². The molecule has 5 rings (SSSR count). The molecule has 1 aromatic carbocycles. The minimum absolute atomic E-state index is 0.171. The molecule has 3 aromatic heterocycles. The van der Waals surface area contributed by atoms with E-state index in [2.05, 4.69) is 31.7 Å². The number of halogens is 3. The second-order valence-corrected chi connectivity index (χ2v) is 7.98. The van der Waals surface area contributed by atoms with Gasteiger partial charge < -0.3 is 10.5 Å². The van der Waals surface area contributed by atoms with Crippen molar-refractivity contribution in [1.29, 1.82) is 0 Å². The van der Waals surface area contributed by atoms with E-state index in [1.165, 1.54) is 0 Å². The van der Waals surface area contributed by atoms with E-state index in [0.717, 1.165) is 37.2 Å². The molecule has 0 radical (unpaired) electrons. The average Bonchev–Trinajstić information content (AvgIpc) is 3.39. The maximum Gasteiger partial charge on any atom is 0.387 e. The SMILES string of the molecule is C[C@@H](c1ccc2nnc(-c3ccc4cc(F)c(OC(F)F)cc4n3)n2c1)N1CC[C@H](N)C1. The molecule has 2 atom stereocenters. The van der Waals surface area contributed by atoms with Crippen LogP contribution < -0.4 is 10.5 Å². The van der Waals surface area contributed by atoms with E-state index in [9.17, 15) is 13.2 Å². The molecule has 4 heterocycles. The van der Waals surface area contributed by atoms with E-state index in [1.54, 1.807) is 12.1 Å². The standard InChI is InChI=1S/C22H21F3N6O/c1-12(30-7-6-15(26)11-30)14-3-5-20-28-29-21(31(20)10-14)17-4-2-13-8-16(23)19(32-22(24)25)9-18(13)27-17/h2-5,8-10,12,15,22H,6-7,11,26H2,1H3/t12-,15-/m0/s1. The minimum atomic E-state index is -3.13. The third kappa shape index (κ3) is 3.76. The lowest BCUT2D eigenvalue weighted by Crippen LogP contribution is -2.28. The van der Waals surface area contributed by atoms with E-state index in [0.29, 0.717) is 28.1 Å². The number of pyridine rings is 2. The first kappa shape index (κ1) is 20.7. The monoisotopic (exact) mass is 442 g/mol. The van der Waals surface area contributed by atoms with Gasteiger partial charge in [-0.15, -0.1) is 10.2 Å². The Bertz CT molecular complexity index is 1290. The van der Waals surface area contributed by atoms with Gasteiger partial charge in [0.2, 0.25) is 0 Å². The number of nitrogens with zero attached hydrogens (tertiary/aromatic N) is 5. The van der Waals surface area contributed by atoms with Gasteiger partial charge in [-0.05, 0) is 37.1 Å². The summed E-state index contributed by atoms with van der Waals surface area (Å²) < 4.78 is 45.3. The fourth-order valence-corrected chi connectivity index (χ4v) is 4.14. The smallest absolute Gasteiger partial charge is 0.387 e. The Morgan fingerprint density at radius 1 is 1.16 bits per heavy atom. The van der Waals surface area contributed by atoms with Crippen LogP contribution in [0.25, 0.3) is 28.1 Å². The zero-order valence-electron chi connectivity index (χ0n) is 17.3. The molecule has 0 amide bonds. The van der Waals surface area contributed by atoms with Crippen LogP contribution >= 0.6 is 0 Å². The Morgan fingerprint density at radius 2 is 2.00 bits per heavy atom. The maximum atomic E-state index is 14.0.